The van der Waals surface area contributed by atoms with E-state index in [0.717, 1.165) is 30.9 Å². The number of phenols is 1. The number of phenolic OH excluding ortho intramolecular Hbond substituents is 1. The van der Waals surface area contributed by atoms with Gasteiger partial charge in [-0.2, -0.15) is 0 Å². The molecule has 3 heteroatoms. The van der Waals surface area contributed by atoms with Gasteiger partial charge in [-0.25, -0.2) is 0 Å². The Bertz CT molecular complexity index is 438. The third kappa shape index (κ3) is 2.77. The number of nitrogens with zero attached hydrogens (tertiary/aromatic N) is 1. The summed E-state index contributed by atoms with van der Waals surface area (Å²) in [5, 5.41) is 13.6. The van der Waals surface area contributed by atoms with Crippen molar-refractivity contribution in [3.63, 3.8) is 0 Å². The highest BCUT2D eigenvalue weighted by Crippen LogP contribution is 2.36. The van der Waals surface area contributed by atoms with Crippen LogP contribution in [0.2, 0.25) is 0 Å². The summed E-state index contributed by atoms with van der Waals surface area (Å²) in [5.41, 5.74) is 2.47. The van der Waals surface area contributed by atoms with Crippen molar-refractivity contribution in [1.82, 2.24) is 10.2 Å². The molecule has 0 amide bonds. The normalized spacial score (nSPS) is 24.6. The highest BCUT2D eigenvalue weighted by molar-refractivity contribution is 5.44. The number of piperidine rings is 1. The van der Waals surface area contributed by atoms with Gasteiger partial charge >= 0.3 is 0 Å². The molecule has 2 aliphatic rings. The van der Waals surface area contributed by atoms with Crippen LogP contribution in [-0.2, 0) is 6.42 Å². The lowest BCUT2D eigenvalue weighted by Gasteiger charge is -2.30. The zero-order valence-electron chi connectivity index (χ0n) is 11.7. The molecule has 19 heavy (non-hydrogen) atoms. The van der Waals surface area contributed by atoms with Crippen molar-refractivity contribution in [2.45, 2.75) is 31.7 Å². The molecule has 1 heterocycles. The average Bonchev–Trinajstić information content (AvgIpc) is 2.83. The van der Waals surface area contributed by atoms with E-state index < -0.39 is 0 Å². The van der Waals surface area contributed by atoms with Gasteiger partial charge in [-0.1, -0.05) is 12.1 Å². The van der Waals surface area contributed by atoms with E-state index in [0.29, 0.717) is 11.8 Å². The molecule has 0 saturated carbocycles. The van der Waals surface area contributed by atoms with E-state index in [2.05, 4.69) is 23.3 Å². The molecule has 1 fully saturated rings. The third-order valence-electron chi connectivity index (χ3n) is 4.74. The standard InChI is InChI=1S/C16H24N2O/c1-18-9-7-12(8-10-18)11-17-15-6-5-14-13(15)3-2-4-16(14)19/h2-4,12,15,17,19H,5-11H2,1H3. The van der Waals surface area contributed by atoms with Crippen molar-refractivity contribution in [2.24, 2.45) is 5.92 Å². The maximum absolute atomic E-state index is 9.86. The molecule has 1 aromatic carbocycles. The predicted molar refractivity (Wildman–Crippen MR) is 77.4 cm³/mol. The van der Waals surface area contributed by atoms with E-state index in [1.807, 2.05) is 6.07 Å². The summed E-state index contributed by atoms with van der Waals surface area (Å²) in [7, 11) is 2.21. The number of hydrogen-bond donors (Lipinski definition) is 2. The first-order valence-electron chi connectivity index (χ1n) is 7.46. The molecule has 1 saturated heterocycles. The van der Waals surface area contributed by atoms with E-state index >= 15 is 0 Å². The molecule has 0 aromatic heterocycles. The van der Waals surface area contributed by atoms with Crippen LogP contribution in [0.25, 0.3) is 0 Å². The number of hydrogen-bond acceptors (Lipinski definition) is 3. The first-order valence-corrected chi connectivity index (χ1v) is 7.46. The first kappa shape index (κ1) is 12.9. The lowest BCUT2D eigenvalue weighted by Crippen LogP contribution is -2.35. The number of nitrogens with one attached hydrogen (secondary N) is 1. The Morgan fingerprint density at radius 1 is 1.26 bits per heavy atom. The molecule has 1 aliphatic carbocycles. The number of benzene rings is 1. The molecule has 1 aliphatic heterocycles. The van der Waals surface area contributed by atoms with Crippen molar-refractivity contribution in [2.75, 3.05) is 26.7 Å². The molecule has 1 aromatic rings. The lowest BCUT2D eigenvalue weighted by atomic mass is 9.96. The maximum Gasteiger partial charge on any atom is 0.119 e. The maximum atomic E-state index is 9.86. The first-order chi connectivity index (χ1) is 9.24. The summed E-state index contributed by atoms with van der Waals surface area (Å²) in [4.78, 5) is 2.42. The fourth-order valence-corrected chi connectivity index (χ4v) is 3.42. The number of fused-ring (bicyclic) bond motifs is 1. The Morgan fingerprint density at radius 3 is 2.84 bits per heavy atom. The molecule has 1 atom stereocenters. The van der Waals surface area contributed by atoms with Crippen LogP contribution in [0.4, 0.5) is 0 Å². The van der Waals surface area contributed by atoms with Crippen molar-refractivity contribution in [3.8, 4) is 5.75 Å². The number of aromatic hydroxyl groups is 1. The van der Waals surface area contributed by atoms with Crippen LogP contribution in [0.3, 0.4) is 0 Å². The van der Waals surface area contributed by atoms with Gasteiger partial charge in [0.1, 0.15) is 5.75 Å². The Kier molecular flexibility index (Phi) is 3.76. The molecular weight excluding hydrogens is 236 g/mol. The summed E-state index contributed by atoms with van der Waals surface area (Å²) >= 11 is 0. The molecule has 0 spiro atoms. The molecule has 3 rings (SSSR count). The van der Waals surface area contributed by atoms with Crippen LogP contribution in [0.5, 0.6) is 5.75 Å². The summed E-state index contributed by atoms with van der Waals surface area (Å²) in [6.07, 6.45) is 4.75. The molecular formula is C16H24N2O. The molecule has 1 unspecified atom stereocenters. The zero-order chi connectivity index (χ0) is 13.2. The number of likely N-dealkylation sites (tertiary alicyclic amines) is 1. The van der Waals surface area contributed by atoms with Gasteiger partial charge in [-0.15, -0.1) is 0 Å². The fourth-order valence-electron chi connectivity index (χ4n) is 3.42. The highest BCUT2D eigenvalue weighted by Gasteiger charge is 2.25. The fraction of sp³-hybridized carbons (Fsp3) is 0.625. The smallest absolute Gasteiger partial charge is 0.119 e. The van der Waals surface area contributed by atoms with Crippen LogP contribution in [0, 0.1) is 5.92 Å². The van der Waals surface area contributed by atoms with Crippen molar-refractivity contribution in [1.29, 1.82) is 0 Å². The van der Waals surface area contributed by atoms with E-state index in [1.54, 1.807) is 6.07 Å². The van der Waals surface area contributed by atoms with Crippen LogP contribution >= 0.6 is 0 Å². The predicted octanol–water partition coefficient (Wildman–Crippen LogP) is 2.31. The van der Waals surface area contributed by atoms with Gasteiger partial charge in [0.15, 0.2) is 0 Å². The van der Waals surface area contributed by atoms with Gasteiger partial charge in [-0.3, -0.25) is 0 Å². The van der Waals surface area contributed by atoms with E-state index in [1.165, 1.54) is 31.5 Å². The van der Waals surface area contributed by atoms with Crippen molar-refractivity contribution in [3.05, 3.63) is 29.3 Å². The van der Waals surface area contributed by atoms with E-state index in [4.69, 9.17) is 0 Å². The van der Waals surface area contributed by atoms with Gasteiger partial charge in [-0.05, 0) is 75.5 Å². The van der Waals surface area contributed by atoms with Crippen molar-refractivity contribution >= 4 is 0 Å². The van der Waals surface area contributed by atoms with Crippen LogP contribution in [0.15, 0.2) is 18.2 Å². The largest absolute Gasteiger partial charge is 0.508 e. The van der Waals surface area contributed by atoms with E-state index in [-0.39, 0.29) is 0 Å². The van der Waals surface area contributed by atoms with Gasteiger partial charge < -0.3 is 15.3 Å². The summed E-state index contributed by atoms with van der Waals surface area (Å²) in [6, 6.07) is 6.37. The van der Waals surface area contributed by atoms with Gasteiger partial charge in [0.05, 0.1) is 0 Å². The zero-order valence-corrected chi connectivity index (χ0v) is 11.7. The van der Waals surface area contributed by atoms with Gasteiger partial charge in [0, 0.05) is 6.04 Å². The summed E-state index contributed by atoms with van der Waals surface area (Å²) < 4.78 is 0. The number of rotatable bonds is 3. The minimum Gasteiger partial charge on any atom is -0.508 e. The quantitative estimate of drug-likeness (QED) is 0.875. The minimum atomic E-state index is 0.446. The van der Waals surface area contributed by atoms with Crippen LogP contribution in [-0.4, -0.2) is 36.7 Å². The highest BCUT2D eigenvalue weighted by atomic mass is 16.3. The van der Waals surface area contributed by atoms with Crippen LogP contribution < -0.4 is 5.32 Å². The van der Waals surface area contributed by atoms with Crippen molar-refractivity contribution < 1.29 is 5.11 Å². The lowest BCUT2D eigenvalue weighted by molar-refractivity contribution is 0.212. The van der Waals surface area contributed by atoms with E-state index in [9.17, 15) is 5.11 Å². The van der Waals surface area contributed by atoms with Crippen LogP contribution in [0.1, 0.15) is 36.4 Å². The monoisotopic (exact) mass is 260 g/mol. The topological polar surface area (TPSA) is 35.5 Å². The Morgan fingerprint density at radius 2 is 2.05 bits per heavy atom. The SMILES string of the molecule is CN1CCC(CNC2CCc3c(O)cccc32)CC1. The Hall–Kier alpha value is -1.06. The molecule has 0 radical (unpaired) electrons. The molecule has 104 valence electrons. The van der Waals surface area contributed by atoms with Gasteiger partial charge in [0.25, 0.3) is 0 Å². The summed E-state index contributed by atoms with van der Waals surface area (Å²) in [6.45, 7) is 3.58. The Balaban J connectivity index is 1.57. The second-order valence-corrected chi connectivity index (χ2v) is 6.09. The van der Waals surface area contributed by atoms with Gasteiger partial charge in [0.2, 0.25) is 0 Å². The molecule has 2 N–H and O–H groups in total. The second kappa shape index (κ2) is 5.51. The third-order valence-corrected chi connectivity index (χ3v) is 4.74. The molecule has 3 nitrogen and oxygen atoms in total. The average molecular weight is 260 g/mol. The summed E-state index contributed by atoms with van der Waals surface area (Å²) in [5.74, 6) is 1.29. The molecule has 0 bridgehead atoms. The second-order valence-electron chi connectivity index (χ2n) is 6.09. The Labute approximate surface area is 115 Å². The minimum absolute atomic E-state index is 0.446.